The Morgan fingerprint density at radius 1 is 0.870 bits per heavy atom. The van der Waals surface area contributed by atoms with Crippen molar-refractivity contribution in [3.05, 3.63) is 84.2 Å². The van der Waals surface area contributed by atoms with E-state index in [0.717, 1.165) is 34.5 Å². The molecule has 0 aliphatic rings. The Morgan fingerprint density at radius 3 is 2.30 bits per heavy atom. The maximum absolute atomic E-state index is 4.88. The zero-order chi connectivity index (χ0) is 15.6. The second kappa shape index (κ2) is 5.69. The van der Waals surface area contributed by atoms with Gasteiger partial charge in [-0.05, 0) is 11.6 Å². The van der Waals surface area contributed by atoms with Crippen molar-refractivity contribution in [2.24, 2.45) is 7.05 Å². The number of aromatic nitrogens is 3. The van der Waals surface area contributed by atoms with E-state index in [2.05, 4.69) is 53.0 Å². The summed E-state index contributed by atoms with van der Waals surface area (Å²) in [7, 11) is 2.06. The van der Waals surface area contributed by atoms with Crippen molar-refractivity contribution in [3.8, 4) is 11.4 Å². The van der Waals surface area contributed by atoms with E-state index in [1.54, 1.807) is 0 Å². The van der Waals surface area contributed by atoms with Gasteiger partial charge in [0.1, 0.15) is 11.3 Å². The Balaban J connectivity index is 1.85. The van der Waals surface area contributed by atoms with Crippen LogP contribution >= 0.6 is 0 Å². The number of hydrogen-bond acceptors (Lipinski definition) is 2. The maximum Gasteiger partial charge on any atom is 0.140 e. The van der Waals surface area contributed by atoms with Gasteiger partial charge < -0.3 is 4.57 Å². The summed E-state index contributed by atoms with van der Waals surface area (Å²) in [6, 6.07) is 22.7. The Kier molecular flexibility index (Phi) is 3.39. The predicted octanol–water partition coefficient (Wildman–Crippen LogP) is 4.23. The molecule has 0 saturated carbocycles. The quantitative estimate of drug-likeness (QED) is 0.567. The van der Waals surface area contributed by atoms with E-state index in [1.165, 1.54) is 5.56 Å². The first-order valence-electron chi connectivity index (χ1n) is 7.72. The summed E-state index contributed by atoms with van der Waals surface area (Å²) in [4.78, 5) is 9.45. The van der Waals surface area contributed by atoms with Crippen LogP contribution < -0.4 is 0 Å². The summed E-state index contributed by atoms with van der Waals surface area (Å²) < 4.78 is 2.14. The van der Waals surface area contributed by atoms with Gasteiger partial charge in [-0.2, -0.15) is 0 Å². The van der Waals surface area contributed by atoms with E-state index < -0.39 is 0 Å². The topological polar surface area (TPSA) is 30.7 Å². The zero-order valence-corrected chi connectivity index (χ0v) is 13.0. The lowest BCUT2D eigenvalue weighted by atomic mass is 10.1. The van der Waals surface area contributed by atoms with Crippen molar-refractivity contribution < 1.29 is 0 Å². The van der Waals surface area contributed by atoms with E-state index in [1.807, 2.05) is 36.5 Å². The molecule has 112 valence electrons. The molecule has 0 unspecified atom stereocenters. The fraction of sp³-hybridized carbons (Fsp3) is 0.100. The average molecular weight is 299 g/mol. The van der Waals surface area contributed by atoms with Crippen LogP contribution in [0.15, 0.2) is 72.9 Å². The molecule has 0 N–H and O–H groups in total. The van der Waals surface area contributed by atoms with E-state index in [0.29, 0.717) is 0 Å². The van der Waals surface area contributed by atoms with Gasteiger partial charge in [0, 0.05) is 25.2 Å². The molecular weight excluding hydrogens is 282 g/mol. The molecule has 0 amide bonds. The van der Waals surface area contributed by atoms with E-state index in [4.69, 9.17) is 4.98 Å². The molecular formula is C20H17N3. The minimum absolute atomic E-state index is 0.795. The van der Waals surface area contributed by atoms with Crippen LogP contribution in [0.2, 0.25) is 0 Å². The van der Waals surface area contributed by atoms with Crippen molar-refractivity contribution >= 4 is 11.0 Å². The van der Waals surface area contributed by atoms with Crippen LogP contribution in [0.3, 0.4) is 0 Å². The molecule has 0 atom stereocenters. The lowest BCUT2D eigenvalue weighted by Crippen LogP contribution is -1.94. The van der Waals surface area contributed by atoms with Gasteiger partial charge in [-0.3, -0.25) is 4.98 Å². The Morgan fingerprint density at radius 2 is 1.57 bits per heavy atom. The predicted molar refractivity (Wildman–Crippen MR) is 93.2 cm³/mol. The molecule has 0 saturated heterocycles. The smallest absolute Gasteiger partial charge is 0.140 e. The van der Waals surface area contributed by atoms with Gasteiger partial charge in [0.2, 0.25) is 0 Å². The van der Waals surface area contributed by atoms with E-state index in [9.17, 15) is 0 Å². The van der Waals surface area contributed by atoms with Crippen LogP contribution in [0, 0.1) is 0 Å². The molecule has 0 radical (unpaired) electrons. The average Bonchev–Trinajstić information content (AvgIpc) is 2.95. The Labute approximate surface area is 135 Å². The lowest BCUT2D eigenvalue weighted by molar-refractivity contribution is 0.958. The Bertz CT molecular complexity index is 941. The highest BCUT2D eigenvalue weighted by molar-refractivity contribution is 5.82. The second-order valence-corrected chi connectivity index (χ2v) is 5.65. The summed E-state index contributed by atoms with van der Waals surface area (Å²) in [5, 5.41) is 0. The normalized spacial score (nSPS) is 11.0. The molecule has 3 heteroatoms. The molecule has 23 heavy (non-hydrogen) atoms. The number of imidazole rings is 1. The molecule has 2 aromatic heterocycles. The van der Waals surface area contributed by atoms with Crippen molar-refractivity contribution in [1.82, 2.24) is 14.5 Å². The van der Waals surface area contributed by atoms with Crippen LogP contribution in [-0.2, 0) is 13.5 Å². The fourth-order valence-electron chi connectivity index (χ4n) is 2.94. The van der Waals surface area contributed by atoms with Crippen LogP contribution in [0.5, 0.6) is 0 Å². The summed E-state index contributed by atoms with van der Waals surface area (Å²) in [6.45, 7) is 0. The number of fused-ring (bicyclic) bond motifs is 1. The largest absolute Gasteiger partial charge is 0.327 e. The number of nitrogens with zero attached hydrogens (tertiary/aromatic N) is 3. The van der Waals surface area contributed by atoms with Gasteiger partial charge >= 0.3 is 0 Å². The number of rotatable bonds is 3. The highest BCUT2D eigenvalue weighted by Gasteiger charge is 2.13. The highest BCUT2D eigenvalue weighted by atomic mass is 15.1. The number of benzene rings is 2. The Hall–Kier alpha value is -2.94. The molecule has 0 fully saturated rings. The second-order valence-electron chi connectivity index (χ2n) is 5.65. The van der Waals surface area contributed by atoms with Crippen LogP contribution in [0.1, 0.15) is 11.3 Å². The molecule has 4 aromatic rings. The molecule has 4 rings (SSSR count). The SMILES string of the molecule is Cn1c(-c2ccccc2)nc2c(Cc3ccccc3)nccc21. The van der Waals surface area contributed by atoms with Crippen LogP contribution in [0.25, 0.3) is 22.4 Å². The third kappa shape index (κ3) is 2.50. The third-order valence-corrected chi connectivity index (χ3v) is 4.12. The molecule has 0 spiro atoms. The molecule has 2 aromatic carbocycles. The van der Waals surface area contributed by atoms with Gasteiger partial charge in [0.25, 0.3) is 0 Å². The van der Waals surface area contributed by atoms with E-state index >= 15 is 0 Å². The lowest BCUT2D eigenvalue weighted by Gasteiger charge is -2.03. The zero-order valence-electron chi connectivity index (χ0n) is 13.0. The summed E-state index contributed by atoms with van der Waals surface area (Å²) in [5.74, 6) is 0.975. The molecule has 0 bridgehead atoms. The monoisotopic (exact) mass is 299 g/mol. The van der Waals surface area contributed by atoms with Crippen molar-refractivity contribution in [1.29, 1.82) is 0 Å². The summed E-state index contributed by atoms with van der Waals surface area (Å²) in [6.07, 6.45) is 2.67. The van der Waals surface area contributed by atoms with Gasteiger partial charge in [0.15, 0.2) is 0 Å². The number of aryl methyl sites for hydroxylation is 1. The van der Waals surface area contributed by atoms with Crippen LogP contribution in [0.4, 0.5) is 0 Å². The summed E-state index contributed by atoms with van der Waals surface area (Å²) >= 11 is 0. The number of hydrogen-bond donors (Lipinski definition) is 0. The molecule has 0 aliphatic heterocycles. The van der Waals surface area contributed by atoms with Crippen molar-refractivity contribution in [3.63, 3.8) is 0 Å². The summed E-state index contributed by atoms with van der Waals surface area (Å²) in [5.41, 5.74) is 5.49. The fourth-order valence-corrected chi connectivity index (χ4v) is 2.94. The standard InChI is InChI=1S/C20H17N3/c1-23-18-12-13-21-17(14-15-8-4-2-5-9-15)19(18)22-20(23)16-10-6-3-7-11-16/h2-13H,14H2,1H3. The maximum atomic E-state index is 4.88. The molecule has 2 heterocycles. The minimum atomic E-state index is 0.795. The van der Waals surface area contributed by atoms with Gasteiger partial charge in [0.05, 0.1) is 11.2 Å². The first kappa shape index (κ1) is 13.7. The van der Waals surface area contributed by atoms with Crippen molar-refractivity contribution in [2.75, 3.05) is 0 Å². The third-order valence-electron chi connectivity index (χ3n) is 4.12. The minimum Gasteiger partial charge on any atom is -0.327 e. The molecule has 3 nitrogen and oxygen atoms in total. The number of pyridine rings is 1. The first-order chi connectivity index (χ1) is 11.3. The highest BCUT2D eigenvalue weighted by Crippen LogP contribution is 2.25. The van der Waals surface area contributed by atoms with E-state index in [-0.39, 0.29) is 0 Å². The van der Waals surface area contributed by atoms with Crippen molar-refractivity contribution in [2.45, 2.75) is 6.42 Å². The van der Waals surface area contributed by atoms with Gasteiger partial charge in [-0.1, -0.05) is 60.7 Å². The molecule has 0 aliphatic carbocycles. The first-order valence-corrected chi connectivity index (χ1v) is 7.72. The van der Waals surface area contributed by atoms with Gasteiger partial charge in [-0.25, -0.2) is 4.98 Å². The van der Waals surface area contributed by atoms with Gasteiger partial charge in [-0.15, -0.1) is 0 Å². The van der Waals surface area contributed by atoms with Crippen LogP contribution in [-0.4, -0.2) is 14.5 Å².